The van der Waals surface area contributed by atoms with Crippen LogP contribution in [0, 0.1) is 10.1 Å². The summed E-state index contributed by atoms with van der Waals surface area (Å²) in [5.41, 5.74) is -0.592. The van der Waals surface area contributed by atoms with Crippen molar-refractivity contribution in [3.05, 3.63) is 38.9 Å². The van der Waals surface area contributed by atoms with E-state index >= 15 is 0 Å². The van der Waals surface area contributed by atoms with Crippen LogP contribution in [0.1, 0.15) is 19.4 Å². The minimum absolute atomic E-state index is 0.0893. The number of hydrogen-bond acceptors (Lipinski definition) is 4. The van der Waals surface area contributed by atoms with Gasteiger partial charge in [-0.15, -0.1) is 0 Å². The molecule has 0 spiro atoms. The predicted octanol–water partition coefficient (Wildman–Crippen LogP) is 2.82. The molecular weight excluding hydrogens is 232 g/mol. The van der Waals surface area contributed by atoms with Gasteiger partial charge in [0.2, 0.25) is 6.08 Å². The van der Waals surface area contributed by atoms with Gasteiger partial charge >= 0.3 is 0 Å². The zero-order valence-corrected chi connectivity index (χ0v) is 9.49. The highest BCUT2D eigenvalue weighted by Crippen LogP contribution is 2.33. The summed E-state index contributed by atoms with van der Waals surface area (Å²) < 4.78 is 0. The first kappa shape index (κ1) is 12.4. The Morgan fingerprint density at radius 2 is 2.12 bits per heavy atom. The van der Waals surface area contributed by atoms with Crippen LogP contribution in [0.15, 0.2) is 23.2 Å². The molecule has 0 bridgehead atoms. The van der Waals surface area contributed by atoms with Crippen LogP contribution in [-0.4, -0.2) is 11.0 Å². The number of nitro groups is 1. The molecule has 0 heterocycles. The van der Waals surface area contributed by atoms with Crippen LogP contribution in [0.25, 0.3) is 0 Å². The minimum Gasteiger partial charge on any atom is -0.258 e. The summed E-state index contributed by atoms with van der Waals surface area (Å²) in [5.74, 6) is 0. The first-order valence-electron chi connectivity index (χ1n) is 4.42. The molecule has 5 nitrogen and oxygen atoms in total. The molecule has 0 unspecified atom stereocenters. The van der Waals surface area contributed by atoms with E-state index in [-0.39, 0.29) is 5.69 Å². The molecule has 0 atom stereocenters. The molecule has 0 aliphatic heterocycles. The number of isocyanates is 1. The maximum atomic E-state index is 10.6. The molecule has 0 radical (unpaired) electrons. The van der Waals surface area contributed by atoms with Gasteiger partial charge in [-0.2, -0.15) is 4.99 Å². The molecule has 1 rings (SSSR count). The summed E-state index contributed by atoms with van der Waals surface area (Å²) in [6.45, 7) is 3.26. The largest absolute Gasteiger partial charge is 0.269 e. The van der Waals surface area contributed by atoms with Gasteiger partial charge in [-0.1, -0.05) is 11.6 Å². The smallest absolute Gasteiger partial charge is 0.258 e. The number of rotatable bonds is 3. The molecule has 84 valence electrons. The number of benzene rings is 1. The van der Waals surface area contributed by atoms with E-state index in [1.807, 2.05) is 0 Å². The van der Waals surface area contributed by atoms with Gasteiger partial charge in [0.25, 0.3) is 5.69 Å². The second-order valence-corrected chi connectivity index (χ2v) is 4.09. The molecule has 0 saturated carbocycles. The molecule has 1 aromatic carbocycles. The molecule has 0 aliphatic rings. The Bertz CT molecular complexity index is 479. The molecule has 6 heteroatoms. The fourth-order valence-electron chi connectivity index (χ4n) is 1.27. The second kappa shape index (κ2) is 4.43. The van der Waals surface area contributed by atoms with E-state index in [4.69, 9.17) is 11.6 Å². The van der Waals surface area contributed by atoms with Crippen LogP contribution in [0.2, 0.25) is 5.02 Å². The van der Waals surface area contributed by atoms with E-state index in [9.17, 15) is 14.9 Å². The fraction of sp³-hybridized carbons (Fsp3) is 0.300. The molecule has 16 heavy (non-hydrogen) atoms. The Hall–Kier alpha value is -1.71. The van der Waals surface area contributed by atoms with Crippen LogP contribution < -0.4 is 0 Å². The van der Waals surface area contributed by atoms with Gasteiger partial charge in [0, 0.05) is 22.7 Å². The summed E-state index contributed by atoms with van der Waals surface area (Å²) in [5, 5.41) is 10.9. The maximum absolute atomic E-state index is 10.6. The van der Waals surface area contributed by atoms with E-state index in [2.05, 4.69) is 4.99 Å². The Balaban J connectivity index is 3.37. The van der Waals surface area contributed by atoms with Crippen LogP contribution in [-0.2, 0) is 10.3 Å². The molecule has 1 aromatic rings. The zero-order chi connectivity index (χ0) is 12.3. The zero-order valence-electron chi connectivity index (χ0n) is 8.73. The number of carbonyl (C=O) groups excluding carboxylic acids is 1. The first-order chi connectivity index (χ1) is 7.38. The lowest BCUT2D eigenvalue weighted by Gasteiger charge is -2.18. The van der Waals surface area contributed by atoms with Crippen molar-refractivity contribution in [2.75, 3.05) is 0 Å². The van der Waals surface area contributed by atoms with Gasteiger partial charge in [0.1, 0.15) is 0 Å². The highest BCUT2D eigenvalue weighted by Gasteiger charge is 2.24. The Morgan fingerprint density at radius 3 is 2.62 bits per heavy atom. The standard InChI is InChI=1S/C10H9ClN2O3/c1-10(2,12-6-14)8-5-7(13(15)16)3-4-9(8)11/h3-5H,1-2H3. The molecule has 0 amide bonds. The summed E-state index contributed by atoms with van der Waals surface area (Å²) in [7, 11) is 0. The third-order valence-electron chi connectivity index (χ3n) is 2.15. The Morgan fingerprint density at radius 1 is 1.50 bits per heavy atom. The number of halogens is 1. The molecular formula is C10H9ClN2O3. The van der Waals surface area contributed by atoms with Crippen molar-refractivity contribution in [2.45, 2.75) is 19.4 Å². The van der Waals surface area contributed by atoms with Crippen molar-refractivity contribution in [1.82, 2.24) is 0 Å². The normalized spacial score (nSPS) is 10.7. The van der Waals surface area contributed by atoms with E-state index < -0.39 is 10.5 Å². The van der Waals surface area contributed by atoms with Crippen LogP contribution in [0.3, 0.4) is 0 Å². The van der Waals surface area contributed by atoms with Crippen molar-refractivity contribution in [1.29, 1.82) is 0 Å². The van der Waals surface area contributed by atoms with E-state index in [0.717, 1.165) is 0 Å². The molecule has 0 fully saturated rings. The van der Waals surface area contributed by atoms with Crippen molar-refractivity contribution < 1.29 is 9.72 Å². The number of hydrogen-bond donors (Lipinski definition) is 0. The topological polar surface area (TPSA) is 72.6 Å². The van der Waals surface area contributed by atoms with E-state index in [1.54, 1.807) is 13.8 Å². The minimum atomic E-state index is -0.926. The van der Waals surface area contributed by atoms with Gasteiger partial charge in [-0.25, -0.2) is 4.79 Å². The first-order valence-corrected chi connectivity index (χ1v) is 4.80. The molecule has 0 aromatic heterocycles. The molecule has 0 N–H and O–H groups in total. The lowest BCUT2D eigenvalue weighted by molar-refractivity contribution is -0.385. The van der Waals surface area contributed by atoms with Gasteiger partial charge in [0.15, 0.2) is 0 Å². The Labute approximate surface area is 96.9 Å². The number of non-ortho nitro benzene ring substituents is 1. The number of nitrogens with zero attached hydrogens (tertiary/aromatic N) is 2. The van der Waals surface area contributed by atoms with E-state index in [1.165, 1.54) is 24.3 Å². The third kappa shape index (κ3) is 2.45. The quantitative estimate of drug-likeness (QED) is 0.353. The summed E-state index contributed by atoms with van der Waals surface area (Å²) in [4.78, 5) is 23.9. The van der Waals surface area contributed by atoms with Gasteiger partial charge in [-0.05, 0) is 19.9 Å². The third-order valence-corrected chi connectivity index (χ3v) is 2.47. The lowest BCUT2D eigenvalue weighted by Crippen LogP contribution is -2.14. The average molecular weight is 241 g/mol. The van der Waals surface area contributed by atoms with Crippen LogP contribution >= 0.6 is 11.6 Å². The number of nitro benzene ring substituents is 1. The van der Waals surface area contributed by atoms with Gasteiger partial charge in [-0.3, -0.25) is 10.1 Å². The second-order valence-electron chi connectivity index (χ2n) is 3.68. The summed E-state index contributed by atoms with van der Waals surface area (Å²) in [6.07, 6.45) is 1.43. The van der Waals surface area contributed by atoms with Crippen molar-refractivity contribution >= 4 is 23.4 Å². The van der Waals surface area contributed by atoms with Crippen molar-refractivity contribution in [2.24, 2.45) is 4.99 Å². The highest BCUT2D eigenvalue weighted by molar-refractivity contribution is 6.31. The lowest BCUT2D eigenvalue weighted by atomic mass is 9.95. The average Bonchev–Trinajstić information content (AvgIpc) is 2.17. The van der Waals surface area contributed by atoms with Crippen molar-refractivity contribution in [3.8, 4) is 0 Å². The van der Waals surface area contributed by atoms with Gasteiger partial charge in [0.05, 0.1) is 10.5 Å². The van der Waals surface area contributed by atoms with Crippen LogP contribution in [0.4, 0.5) is 5.69 Å². The highest BCUT2D eigenvalue weighted by atomic mass is 35.5. The maximum Gasteiger partial charge on any atom is 0.269 e. The molecule has 0 aliphatic carbocycles. The Kier molecular flexibility index (Phi) is 3.42. The monoisotopic (exact) mass is 240 g/mol. The fourth-order valence-corrected chi connectivity index (χ4v) is 1.62. The van der Waals surface area contributed by atoms with Gasteiger partial charge < -0.3 is 0 Å². The SMILES string of the molecule is CC(C)(N=C=O)c1cc([N+](=O)[O-])ccc1Cl. The van der Waals surface area contributed by atoms with Crippen LogP contribution in [0.5, 0.6) is 0 Å². The molecule has 0 saturated heterocycles. The van der Waals surface area contributed by atoms with E-state index in [0.29, 0.717) is 10.6 Å². The summed E-state index contributed by atoms with van der Waals surface area (Å²) in [6, 6.07) is 4.02. The van der Waals surface area contributed by atoms with Crippen molar-refractivity contribution in [3.63, 3.8) is 0 Å². The predicted molar refractivity (Wildman–Crippen MR) is 59.3 cm³/mol. The number of aliphatic imine (C=N–C) groups is 1. The summed E-state index contributed by atoms with van der Waals surface area (Å²) >= 11 is 5.91.